The molecule has 3 aromatic carbocycles. The van der Waals surface area contributed by atoms with Gasteiger partial charge in [0.1, 0.15) is 0 Å². The van der Waals surface area contributed by atoms with E-state index in [9.17, 15) is 0 Å². The van der Waals surface area contributed by atoms with Crippen LogP contribution in [0.25, 0.3) is 0 Å². The highest BCUT2D eigenvalue weighted by Gasteiger charge is 2.29. The van der Waals surface area contributed by atoms with E-state index >= 15 is 0 Å². The van der Waals surface area contributed by atoms with Gasteiger partial charge in [0.05, 0.1) is 0 Å². The fourth-order valence-electron chi connectivity index (χ4n) is 3.59. The van der Waals surface area contributed by atoms with Crippen molar-refractivity contribution in [3.63, 3.8) is 0 Å². The molecule has 0 amide bonds. The Morgan fingerprint density at radius 2 is 1.30 bits per heavy atom. The van der Waals surface area contributed by atoms with Crippen molar-refractivity contribution in [2.24, 2.45) is 0 Å². The van der Waals surface area contributed by atoms with Gasteiger partial charge in [0.2, 0.25) is 0 Å². The van der Waals surface area contributed by atoms with Gasteiger partial charge in [0, 0.05) is 19.1 Å². The average molecular weight is 299 g/mol. The molecule has 4 rings (SSSR count). The Bertz CT molecular complexity index is 764. The third kappa shape index (κ3) is 3.06. The molecule has 1 aliphatic heterocycles. The fraction of sp³-hybridized carbons (Fsp3) is 0.182. The van der Waals surface area contributed by atoms with Gasteiger partial charge in [-0.25, -0.2) is 0 Å². The molecule has 1 nitrogen and oxygen atoms in total. The van der Waals surface area contributed by atoms with Crippen molar-refractivity contribution in [1.82, 2.24) is 4.90 Å². The van der Waals surface area contributed by atoms with Crippen LogP contribution >= 0.6 is 0 Å². The predicted octanol–water partition coefficient (Wildman–Crippen LogP) is 4.99. The van der Waals surface area contributed by atoms with Crippen molar-refractivity contribution >= 4 is 0 Å². The Kier molecular flexibility index (Phi) is 3.95. The molecule has 0 aromatic heterocycles. The average Bonchev–Trinajstić information content (AvgIpc) is 2.94. The molecule has 0 fully saturated rings. The van der Waals surface area contributed by atoms with Crippen molar-refractivity contribution < 1.29 is 0 Å². The maximum absolute atomic E-state index is 2.60. The molecule has 1 heteroatoms. The van der Waals surface area contributed by atoms with E-state index in [0.29, 0.717) is 6.04 Å². The smallest absolute Gasteiger partial charge is 0.0398 e. The van der Waals surface area contributed by atoms with Gasteiger partial charge in [-0.05, 0) is 28.7 Å². The summed E-state index contributed by atoms with van der Waals surface area (Å²) in [6.45, 7) is 2.05. The third-order valence-electron chi connectivity index (χ3n) is 4.73. The van der Waals surface area contributed by atoms with Gasteiger partial charge in [0.15, 0.2) is 0 Å². The first-order chi connectivity index (χ1) is 11.4. The Hall–Kier alpha value is -2.38. The molecule has 1 atom stereocenters. The van der Waals surface area contributed by atoms with E-state index in [1.165, 1.54) is 22.3 Å². The summed E-state index contributed by atoms with van der Waals surface area (Å²) in [6, 6.07) is 31.0. The van der Waals surface area contributed by atoms with Crippen LogP contribution in [0.15, 0.2) is 84.9 Å². The molecule has 114 valence electrons. The molecule has 0 N–H and O–H groups in total. The van der Waals surface area contributed by atoms with Crippen LogP contribution in [0.4, 0.5) is 0 Å². The summed E-state index contributed by atoms with van der Waals surface area (Å²) in [5.41, 5.74) is 5.77. The number of fused-ring (bicyclic) bond motifs is 1. The normalized spacial score (nSPS) is 17.1. The van der Waals surface area contributed by atoms with Crippen LogP contribution in [0.5, 0.6) is 0 Å². The van der Waals surface area contributed by atoms with Crippen LogP contribution < -0.4 is 0 Å². The fourth-order valence-corrected chi connectivity index (χ4v) is 3.59. The number of hydrogen-bond donors (Lipinski definition) is 0. The molecule has 1 unspecified atom stereocenters. The van der Waals surface area contributed by atoms with Gasteiger partial charge in [-0.1, -0.05) is 84.9 Å². The molecule has 1 heterocycles. The first-order valence-electron chi connectivity index (χ1n) is 8.30. The predicted molar refractivity (Wildman–Crippen MR) is 95.0 cm³/mol. The molecule has 23 heavy (non-hydrogen) atoms. The second-order valence-corrected chi connectivity index (χ2v) is 6.29. The molecular weight excluding hydrogens is 278 g/mol. The van der Waals surface area contributed by atoms with Crippen LogP contribution in [0.3, 0.4) is 0 Å². The Morgan fingerprint density at radius 3 is 2.04 bits per heavy atom. The van der Waals surface area contributed by atoms with Crippen molar-refractivity contribution in [3.8, 4) is 0 Å². The van der Waals surface area contributed by atoms with E-state index < -0.39 is 0 Å². The molecule has 0 radical (unpaired) electrons. The Labute approximate surface area is 138 Å². The largest absolute Gasteiger partial charge is 0.287 e. The van der Waals surface area contributed by atoms with E-state index in [0.717, 1.165) is 19.5 Å². The van der Waals surface area contributed by atoms with E-state index in [-0.39, 0.29) is 0 Å². The molecule has 3 aromatic rings. The standard InChI is InChI=1S/C22H21N/c1-3-9-18(10-4-1)15-22-21-14-8-7-13-20(21)17-23(22)16-19-11-5-2-6-12-19/h1-14,22H,15-17H2. The molecule has 0 spiro atoms. The molecule has 0 saturated heterocycles. The van der Waals surface area contributed by atoms with E-state index in [1.54, 1.807) is 0 Å². The van der Waals surface area contributed by atoms with Crippen LogP contribution in [0.1, 0.15) is 28.3 Å². The first kappa shape index (κ1) is 14.2. The van der Waals surface area contributed by atoms with Gasteiger partial charge < -0.3 is 0 Å². The summed E-state index contributed by atoms with van der Waals surface area (Å²) in [5.74, 6) is 0. The molecule has 0 aliphatic carbocycles. The van der Waals surface area contributed by atoms with Crippen molar-refractivity contribution in [2.75, 3.05) is 0 Å². The lowest BCUT2D eigenvalue weighted by Gasteiger charge is -2.25. The summed E-state index contributed by atoms with van der Waals surface area (Å²) in [6.07, 6.45) is 1.07. The quantitative estimate of drug-likeness (QED) is 0.656. The van der Waals surface area contributed by atoms with Crippen molar-refractivity contribution in [2.45, 2.75) is 25.6 Å². The van der Waals surface area contributed by atoms with Gasteiger partial charge >= 0.3 is 0 Å². The van der Waals surface area contributed by atoms with E-state index in [4.69, 9.17) is 0 Å². The van der Waals surface area contributed by atoms with Gasteiger partial charge in [-0.2, -0.15) is 0 Å². The van der Waals surface area contributed by atoms with Crippen molar-refractivity contribution in [1.29, 1.82) is 0 Å². The zero-order valence-electron chi connectivity index (χ0n) is 13.2. The first-order valence-corrected chi connectivity index (χ1v) is 8.30. The second-order valence-electron chi connectivity index (χ2n) is 6.29. The topological polar surface area (TPSA) is 3.24 Å². The maximum atomic E-state index is 2.60. The summed E-state index contributed by atoms with van der Waals surface area (Å²) in [4.78, 5) is 2.60. The Morgan fingerprint density at radius 1 is 0.696 bits per heavy atom. The molecule has 0 bridgehead atoms. The summed E-state index contributed by atoms with van der Waals surface area (Å²) < 4.78 is 0. The van der Waals surface area contributed by atoms with Crippen LogP contribution in [0, 0.1) is 0 Å². The minimum Gasteiger partial charge on any atom is -0.287 e. The van der Waals surface area contributed by atoms with Gasteiger partial charge in [-0.15, -0.1) is 0 Å². The number of nitrogens with zero attached hydrogens (tertiary/aromatic N) is 1. The lowest BCUT2D eigenvalue weighted by Crippen LogP contribution is -2.23. The lowest BCUT2D eigenvalue weighted by molar-refractivity contribution is 0.205. The second kappa shape index (κ2) is 6.39. The van der Waals surface area contributed by atoms with Crippen LogP contribution in [-0.4, -0.2) is 4.90 Å². The van der Waals surface area contributed by atoms with E-state index in [1.807, 2.05) is 0 Å². The highest BCUT2D eigenvalue weighted by atomic mass is 15.2. The van der Waals surface area contributed by atoms with Gasteiger partial charge in [0.25, 0.3) is 0 Å². The van der Waals surface area contributed by atoms with Crippen LogP contribution in [0.2, 0.25) is 0 Å². The molecule has 0 saturated carbocycles. The van der Waals surface area contributed by atoms with E-state index in [2.05, 4.69) is 89.8 Å². The number of benzene rings is 3. The SMILES string of the molecule is c1ccc(CC2c3ccccc3CN2Cc2ccccc2)cc1. The van der Waals surface area contributed by atoms with Gasteiger partial charge in [-0.3, -0.25) is 4.90 Å². The maximum Gasteiger partial charge on any atom is 0.0398 e. The molecular formula is C22H21N. The third-order valence-corrected chi connectivity index (χ3v) is 4.73. The summed E-state index contributed by atoms with van der Waals surface area (Å²) in [5, 5.41) is 0. The Balaban J connectivity index is 1.63. The zero-order valence-corrected chi connectivity index (χ0v) is 13.2. The summed E-state index contributed by atoms with van der Waals surface area (Å²) in [7, 11) is 0. The number of hydrogen-bond acceptors (Lipinski definition) is 1. The lowest BCUT2D eigenvalue weighted by atomic mass is 9.98. The summed E-state index contributed by atoms with van der Waals surface area (Å²) >= 11 is 0. The minimum absolute atomic E-state index is 0.466. The van der Waals surface area contributed by atoms with Crippen LogP contribution in [-0.2, 0) is 19.5 Å². The monoisotopic (exact) mass is 299 g/mol. The minimum atomic E-state index is 0.466. The van der Waals surface area contributed by atoms with Crippen molar-refractivity contribution in [3.05, 3.63) is 107 Å². The number of rotatable bonds is 4. The highest BCUT2D eigenvalue weighted by molar-refractivity contribution is 5.36. The zero-order chi connectivity index (χ0) is 15.5. The highest BCUT2D eigenvalue weighted by Crippen LogP contribution is 2.36. The molecule has 1 aliphatic rings.